The third-order valence-corrected chi connectivity index (χ3v) is 4.31. The van der Waals surface area contributed by atoms with Crippen molar-refractivity contribution in [1.82, 2.24) is 10.6 Å². The Labute approximate surface area is 159 Å². The van der Waals surface area contributed by atoms with Crippen molar-refractivity contribution in [3.05, 3.63) is 80.5 Å². The lowest BCUT2D eigenvalue weighted by Crippen LogP contribution is -2.45. The summed E-state index contributed by atoms with van der Waals surface area (Å²) in [4.78, 5) is 34.9. The van der Waals surface area contributed by atoms with E-state index in [0.717, 1.165) is 0 Å². The molecule has 0 aliphatic carbocycles. The van der Waals surface area contributed by atoms with Crippen LogP contribution in [0, 0.1) is 10.1 Å². The van der Waals surface area contributed by atoms with E-state index < -0.39 is 22.9 Å². The largest absolute Gasteiger partial charge is 0.327 e. The van der Waals surface area contributed by atoms with E-state index in [0.29, 0.717) is 27.5 Å². The molecule has 8 nitrogen and oxygen atoms in total. The highest BCUT2D eigenvalue weighted by molar-refractivity contribution is 6.30. The zero-order chi connectivity index (χ0) is 19.6. The molecule has 3 rings (SSSR count). The maximum atomic E-state index is 12.8. The quantitative estimate of drug-likeness (QED) is 0.551. The number of rotatable bonds is 4. The first-order valence-electron chi connectivity index (χ1n) is 7.94. The molecule has 0 radical (unpaired) electrons. The highest BCUT2D eigenvalue weighted by atomic mass is 35.5. The van der Waals surface area contributed by atoms with Gasteiger partial charge in [-0.25, -0.2) is 4.79 Å². The summed E-state index contributed by atoms with van der Waals surface area (Å²) >= 11 is 5.91. The van der Waals surface area contributed by atoms with Crippen LogP contribution in [0.25, 0.3) is 0 Å². The van der Waals surface area contributed by atoms with Crippen molar-refractivity contribution in [3.63, 3.8) is 0 Å². The van der Waals surface area contributed by atoms with Crippen molar-refractivity contribution in [1.29, 1.82) is 0 Å². The van der Waals surface area contributed by atoms with Crippen LogP contribution in [-0.4, -0.2) is 16.9 Å². The smallest absolute Gasteiger partial charge is 0.319 e. The molecular formula is C18H15ClN4O4. The van der Waals surface area contributed by atoms with Crippen LogP contribution in [0.5, 0.6) is 0 Å². The zero-order valence-corrected chi connectivity index (χ0v) is 14.9. The van der Waals surface area contributed by atoms with Crippen LogP contribution in [0.2, 0.25) is 5.02 Å². The molecule has 0 bridgehead atoms. The van der Waals surface area contributed by atoms with E-state index in [1.54, 1.807) is 31.2 Å². The lowest BCUT2D eigenvalue weighted by atomic mass is 9.95. The van der Waals surface area contributed by atoms with Gasteiger partial charge in [-0.2, -0.15) is 0 Å². The number of non-ortho nitro benzene ring substituents is 1. The van der Waals surface area contributed by atoms with Crippen LogP contribution in [0.15, 0.2) is 59.8 Å². The van der Waals surface area contributed by atoms with Gasteiger partial charge in [0.05, 0.1) is 16.5 Å². The van der Waals surface area contributed by atoms with Gasteiger partial charge in [-0.15, -0.1) is 0 Å². The van der Waals surface area contributed by atoms with Crippen molar-refractivity contribution >= 4 is 34.9 Å². The van der Waals surface area contributed by atoms with Crippen molar-refractivity contribution in [2.45, 2.75) is 13.0 Å². The van der Waals surface area contributed by atoms with Crippen LogP contribution >= 0.6 is 11.6 Å². The monoisotopic (exact) mass is 386 g/mol. The molecule has 3 N–H and O–H groups in total. The molecule has 1 aliphatic rings. The minimum absolute atomic E-state index is 0.0750. The Morgan fingerprint density at radius 2 is 1.78 bits per heavy atom. The Morgan fingerprint density at radius 1 is 1.15 bits per heavy atom. The normalized spacial score (nSPS) is 16.4. The molecule has 0 unspecified atom stereocenters. The number of anilines is 1. The summed E-state index contributed by atoms with van der Waals surface area (Å²) in [5.41, 5.74) is 1.77. The molecular weight excluding hydrogens is 372 g/mol. The average Bonchev–Trinajstić information content (AvgIpc) is 2.62. The van der Waals surface area contributed by atoms with Gasteiger partial charge in [0, 0.05) is 28.5 Å². The van der Waals surface area contributed by atoms with Crippen LogP contribution in [0.1, 0.15) is 18.5 Å². The van der Waals surface area contributed by atoms with E-state index in [4.69, 9.17) is 11.6 Å². The standard InChI is InChI=1S/C18H15ClN4O4/c1-10-15(17(24)21-13-6-8-14(9-7-13)23(26)27)16(22-18(25)20-10)11-2-4-12(19)5-3-11/h2-9,16H,1H3,(H,21,24)(H2,20,22,25)/t16-/m1/s1. The minimum atomic E-state index is -0.658. The first-order valence-corrected chi connectivity index (χ1v) is 8.32. The van der Waals surface area contributed by atoms with Gasteiger partial charge in [-0.1, -0.05) is 23.7 Å². The fourth-order valence-electron chi connectivity index (χ4n) is 2.77. The number of nitro groups is 1. The van der Waals surface area contributed by atoms with E-state index >= 15 is 0 Å². The third kappa shape index (κ3) is 4.06. The van der Waals surface area contributed by atoms with Crippen LogP contribution in [0.4, 0.5) is 16.2 Å². The second-order valence-corrected chi connectivity index (χ2v) is 6.32. The Bertz CT molecular complexity index is 939. The highest BCUT2D eigenvalue weighted by Crippen LogP contribution is 2.28. The number of amides is 3. The zero-order valence-electron chi connectivity index (χ0n) is 14.2. The number of halogens is 1. The summed E-state index contributed by atoms with van der Waals surface area (Å²) in [6, 6.07) is 11.2. The predicted octanol–water partition coefficient (Wildman–Crippen LogP) is 3.51. The van der Waals surface area contributed by atoms with Crippen LogP contribution < -0.4 is 16.0 Å². The molecule has 0 fully saturated rings. The third-order valence-electron chi connectivity index (χ3n) is 4.05. The van der Waals surface area contributed by atoms with Gasteiger partial charge in [0.1, 0.15) is 0 Å². The van der Waals surface area contributed by atoms with Crippen LogP contribution in [0.3, 0.4) is 0 Å². The average molecular weight is 387 g/mol. The van der Waals surface area contributed by atoms with Gasteiger partial charge in [-0.05, 0) is 36.8 Å². The van der Waals surface area contributed by atoms with Gasteiger partial charge in [-0.3, -0.25) is 14.9 Å². The summed E-state index contributed by atoms with van der Waals surface area (Å²) < 4.78 is 0. The van der Waals surface area contributed by atoms with Gasteiger partial charge in [0.25, 0.3) is 11.6 Å². The second-order valence-electron chi connectivity index (χ2n) is 5.88. The molecule has 2 aromatic carbocycles. The number of carbonyl (C=O) groups excluding carboxylic acids is 2. The minimum Gasteiger partial charge on any atom is -0.327 e. The number of nitro benzene ring substituents is 1. The summed E-state index contributed by atoms with van der Waals surface area (Å²) in [5, 5.41) is 19.3. The topological polar surface area (TPSA) is 113 Å². The number of hydrogen-bond acceptors (Lipinski definition) is 4. The molecule has 0 spiro atoms. The molecule has 2 aromatic rings. The molecule has 138 valence electrons. The highest BCUT2D eigenvalue weighted by Gasteiger charge is 2.31. The Morgan fingerprint density at radius 3 is 2.37 bits per heavy atom. The number of carbonyl (C=O) groups is 2. The van der Waals surface area contributed by atoms with Crippen molar-refractivity contribution in [2.24, 2.45) is 0 Å². The van der Waals surface area contributed by atoms with Gasteiger partial charge >= 0.3 is 6.03 Å². The summed E-state index contributed by atoms with van der Waals surface area (Å²) in [5.74, 6) is -0.436. The van der Waals surface area contributed by atoms with Crippen LogP contribution in [-0.2, 0) is 4.79 Å². The van der Waals surface area contributed by atoms with E-state index in [1.165, 1.54) is 24.3 Å². The molecule has 9 heteroatoms. The molecule has 1 heterocycles. The van der Waals surface area contributed by atoms with E-state index in [1.807, 2.05) is 0 Å². The molecule has 27 heavy (non-hydrogen) atoms. The molecule has 3 amide bonds. The second kappa shape index (κ2) is 7.46. The Hall–Kier alpha value is -3.39. The number of nitrogens with zero attached hydrogens (tertiary/aromatic N) is 1. The van der Waals surface area contributed by atoms with Gasteiger partial charge < -0.3 is 16.0 Å². The first kappa shape index (κ1) is 18.4. The van der Waals surface area contributed by atoms with E-state index in [2.05, 4.69) is 16.0 Å². The summed E-state index contributed by atoms with van der Waals surface area (Å²) in [7, 11) is 0. The molecule has 1 atom stereocenters. The number of allylic oxidation sites excluding steroid dienone is 1. The maximum absolute atomic E-state index is 12.8. The first-order chi connectivity index (χ1) is 12.8. The van der Waals surface area contributed by atoms with E-state index in [-0.39, 0.29) is 5.69 Å². The van der Waals surface area contributed by atoms with Crippen molar-refractivity contribution < 1.29 is 14.5 Å². The molecule has 0 saturated heterocycles. The van der Waals surface area contributed by atoms with Gasteiger partial charge in [0.2, 0.25) is 0 Å². The number of urea groups is 1. The number of hydrogen-bond donors (Lipinski definition) is 3. The predicted molar refractivity (Wildman–Crippen MR) is 100 cm³/mol. The SMILES string of the molecule is CC1=C(C(=O)Nc2ccc([N+](=O)[O-])cc2)[C@@H](c2ccc(Cl)cc2)NC(=O)N1. The molecule has 1 aliphatic heterocycles. The Balaban J connectivity index is 1.89. The lowest BCUT2D eigenvalue weighted by molar-refractivity contribution is -0.384. The fourth-order valence-corrected chi connectivity index (χ4v) is 2.89. The Kier molecular flexibility index (Phi) is 5.09. The van der Waals surface area contributed by atoms with Crippen molar-refractivity contribution in [3.8, 4) is 0 Å². The number of benzene rings is 2. The molecule has 0 saturated carbocycles. The number of nitrogens with one attached hydrogen (secondary N) is 3. The van der Waals surface area contributed by atoms with Crippen molar-refractivity contribution in [2.75, 3.05) is 5.32 Å². The summed E-state index contributed by atoms with van der Waals surface area (Å²) in [6.07, 6.45) is 0. The maximum Gasteiger partial charge on any atom is 0.319 e. The van der Waals surface area contributed by atoms with E-state index in [9.17, 15) is 19.7 Å². The molecule has 0 aromatic heterocycles. The summed E-state index contributed by atoms with van der Waals surface area (Å²) in [6.45, 7) is 1.63. The fraction of sp³-hybridized carbons (Fsp3) is 0.111. The van der Waals surface area contributed by atoms with Gasteiger partial charge in [0.15, 0.2) is 0 Å². The lowest BCUT2D eigenvalue weighted by Gasteiger charge is -2.28.